The highest BCUT2D eigenvalue weighted by atomic mass is 16.5. The number of nitrogens with one attached hydrogen (secondary N) is 1. The van der Waals surface area contributed by atoms with Crippen LogP contribution >= 0.6 is 0 Å². The minimum atomic E-state index is -0.468. The zero-order valence-electron chi connectivity index (χ0n) is 11.3. The summed E-state index contributed by atoms with van der Waals surface area (Å²) in [5.41, 5.74) is 8.06. The Morgan fingerprint density at radius 3 is 3.05 bits per heavy atom. The van der Waals surface area contributed by atoms with Crippen molar-refractivity contribution in [2.75, 3.05) is 6.54 Å². The summed E-state index contributed by atoms with van der Waals surface area (Å²) in [5.74, 6) is 0. The molecule has 0 bridgehead atoms. The molecule has 2 rings (SSSR count). The lowest BCUT2D eigenvalue weighted by Crippen LogP contribution is -2.34. The smallest absolute Gasteiger partial charge is 0.330 e. The Kier molecular flexibility index (Phi) is 4.60. The van der Waals surface area contributed by atoms with E-state index < -0.39 is 11.9 Å². The quantitative estimate of drug-likeness (QED) is 0.500. The van der Waals surface area contributed by atoms with Gasteiger partial charge in [-0.2, -0.15) is 0 Å². The number of aryl methyl sites for hydroxylation is 1. The molecule has 1 saturated heterocycles. The number of hydrogen-bond donors (Lipinski definition) is 1. The predicted molar refractivity (Wildman–Crippen MR) is 72.5 cm³/mol. The molecule has 1 fully saturated rings. The average Bonchev–Trinajstić information content (AvgIpc) is 2.88. The van der Waals surface area contributed by atoms with Crippen LogP contribution in [0.5, 0.6) is 0 Å². The summed E-state index contributed by atoms with van der Waals surface area (Å²) in [6, 6.07) is 0. The zero-order chi connectivity index (χ0) is 14.5. The molecule has 1 aliphatic rings. The highest BCUT2D eigenvalue weighted by molar-refractivity contribution is 5.05. The van der Waals surface area contributed by atoms with E-state index in [2.05, 4.69) is 15.0 Å². The fourth-order valence-electron chi connectivity index (χ4n) is 2.34. The Morgan fingerprint density at radius 2 is 2.35 bits per heavy atom. The molecule has 0 aliphatic carbocycles. The molecule has 2 heterocycles. The van der Waals surface area contributed by atoms with E-state index >= 15 is 0 Å². The molecule has 0 spiro atoms. The lowest BCUT2D eigenvalue weighted by molar-refractivity contribution is 0.00350. The molecule has 108 valence electrons. The molecule has 20 heavy (non-hydrogen) atoms. The molecule has 8 nitrogen and oxygen atoms in total. The molecule has 0 saturated carbocycles. The van der Waals surface area contributed by atoms with Crippen LogP contribution < -0.4 is 11.2 Å². The van der Waals surface area contributed by atoms with Gasteiger partial charge in [-0.1, -0.05) is 18.5 Å². The SMILES string of the molecule is CCCc1cn([C@H]2CC[C@@H](CN=[N+]=[N-])O2)c(=O)[nH]c1=O. The van der Waals surface area contributed by atoms with Gasteiger partial charge < -0.3 is 4.74 Å². The average molecular weight is 279 g/mol. The summed E-state index contributed by atoms with van der Waals surface area (Å²) in [5, 5.41) is 3.48. The third kappa shape index (κ3) is 3.09. The topological polar surface area (TPSA) is 113 Å². The van der Waals surface area contributed by atoms with E-state index in [1.165, 1.54) is 4.57 Å². The number of azide groups is 1. The van der Waals surface area contributed by atoms with Crippen LogP contribution in [-0.2, 0) is 11.2 Å². The minimum absolute atomic E-state index is 0.177. The molecular formula is C12H17N5O3. The Hall–Kier alpha value is -2.05. The first-order valence-electron chi connectivity index (χ1n) is 6.66. The van der Waals surface area contributed by atoms with Gasteiger partial charge in [0.05, 0.1) is 12.6 Å². The van der Waals surface area contributed by atoms with E-state index in [9.17, 15) is 9.59 Å². The number of H-pyrrole nitrogens is 1. The van der Waals surface area contributed by atoms with E-state index in [0.717, 1.165) is 12.8 Å². The number of hydrogen-bond acceptors (Lipinski definition) is 4. The summed E-state index contributed by atoms with van der Waals surface area (Å²) in [4.78, 5) is 28.5. The number of rotatable bonds is 5. The van der Waals surface area contributed by atoms with Gasteiger partial charge in [-0.15, -0.1) is 0 Å². The molecular weight excluding hydrogens is 262 g/mol. The van der Waals surface area contributed by atoms with Gasteiger partial charge in [0.1, 0.15) is 6.23 Å². The van der Waals surface area contributed by atoms with Crippen molar-refractivity contribution in [3.63, 3.8) is 0 Å². The highest BCUT2D eigenvalue weighted by Crippen LogP contribution is 2.27. The highest BCUT2D eigenvalue weighted by Gasteiger charge is 2.27. The van der Waals surface area contributed by atoms with Crippen LogP contribution in [-0.4, -0.2) is 22.2 Å². The van der Waals surface area contributed by atoms with Crippen molar-refractivity contribution in [1.82, 2.24) is 9.55 Å². The van der Waals surface area contributed by atoms with Gasteiger partial charge in [-0.05, 0) is 24.8 Å². The first kappa shape index (κ1) is 14.4. The molecule has 1 aromatic heterocycles. The zero-order valence-corrected chi connectivity index (χ0v) is 11.3. The summed E-state index contributed by atoms with van der Waals surface area (Å²) >= 11 is 0. The first-order chi connectivity index (χ1) is 9.65. The predicted octanol–water partition coefficient (Wildman–Crippen LogP) is 1.48. The van der Waals surface area contributed by atoms with E-state index in [1.54, 1.807) is 6.20 Å². The van der Waals surface area contributed by atoms with E-state index in [-0.39, 0.29) is 18.2 Å². The normalized spacial score (nSPS) is 21.6. The maximum atomic E-state index is 11.8. The molecule has 0 unspecified atom stereocenters. The summed E-state index contributed by atoms with van der Waals surface area (Å²) < 4.78 is 7.10. The van der Waals surface area contributed by atoms with Gasteiger partial charge in [0, 0.05) is 16.7 Å². The molecule has 0 radical (unpaired) electrons. The Labute approximate surface area is 115 Å². The van der Waals surface area contributed by atoms with Crippen molar-refractivity contribution < 1.29 is 4.74 Å². The van der Waals surface area contributed by atoms with Gasteiger partial charge in [-0.25, -0.2) is 4.79 Å². The van der Waals surface area contributed by atoms with E-state index in [0.29, 0.717) is 18.4 Å². The summed E-state index contributed by atoms with van der Waals surface area (Å²) in [6.07, 6.45) is 3.81. The summed E-state index contributed by atoms with van der Waals surface area (Å²) in [7, 11) is 0. The van der Waals surface area contributed by atoms with Crippen LogP contribution in [0.1, 0.15) is 38.0 Å². The van der Waals surface area contributed by atoms with Gasteiger partial charge in [0.25, 0.3) is 5.56 Å². The van der Waals surface area contributed by atoms with Crippen molar-refractivity contribution in [3.8, 4) is 0 Å². The third-order valence-corrected chi connectivity index (χ3v) is 3.30. The Balaban J connectivity index is 2.21. The number of aromatic nitrogens is 2. The maximum absolute atomic E-state index is 11.8. The Morgan fingerprint density at radius 1 is 1.55 bits per heavy atom. The van der Waals surface area contributed by atoms with Crippen LogP contribution in [0, 0.1) is 0 Å². The van der Waals surface area contributed by atoms with Gasteiger partial charge in [0.2, 0.25) is 0 Å². The lowest BCUT2D eigenvalue weighted by atomic mass is 10.2. The van der Waals surface area contributed by atoms with Gasteiger partial charge in [-0.3, -0.25) is 14.3 Å². The van der Waals surface area contributed by atoms with Crippen molar-refractivity contribution in [3.05, 3.63) is 43.0 Å². The van der Waals surface area contributed by atoms with Gasteiger partial charge in [0.15, 0.2) is 0 Å². The van der Waals surface area contributed by atoms with E-state index in [4.69, 9.17) is 10.3 Å². The molecule has 1 aromatic rings. The summed E-state index contributed by atoms with van der Waals surface area (Å²) in [6.45, 7) is 2.23. The second-order valence-corrected chi connectivity index (χ2v) is 4.77. The fraction of sp³-hybridized carbons (Fsp3) is 0.667. The largest absolute Gasteiger partial charge is 0.355 e. The van der Waals surface area contributed by atoms with Crippen molar-refractivity contribution >= 4 is 0 Å². The Bertz CT molecular complexity index is 629. The molecule has 1 N–H and O–H groups in total. The van der Waals surface area contributed by atoms with Crippen LogP contribution in [0.4, 0.5) is 0 Å². The van der Waals surface area contributed by atoms with Gasteiger partial charge >= 0.3 is 5.69 Å². The van der Waals surface area contributed by atoms with E-state index in [1.807, 2.05) is 6.92 Å². The van der Waals surface area contributed by atoms with Crippen LogP contribution in [0.3, 0.4) is 0 Å². The molecule has 8 heteroatoms. The molecule has 0 amide bonds. The monoisotopic (exact) mass is 279 g/mol. The third-order valence-electron chi connectivity index (χ3n) is 3.30. The van der Waals surface area contributed by atoms with Crippen LogP contribution in [0.25, 0.3) is 10.4 Å². The molecule has 1 aliphatic heterocycles. The van der Waals surface area contributed by atoms with Crippen LogP contribution in [0.15, 0.2) is 20.9 Å². The van der Waals surface area contributed by atoms with Crippen molar-refractivity contribution in [2.24, 2.45) is 5.11 Å². The molecule has 0 aromatic carbocycles. The fourth-order valence-corrected chi connectivity index (χ4v) is 2.34. The first-order valence-corrected chi connectivity index (χ1v) is 6.66. The standard InChI is InChI=1S/C12H17N5O3/c1-2-3-8-7-17(12(19)15-11(8)18)10-5-4-9(20-10)6-14-16-13/h7,9-10H,2-6H2,1H3,(H,15,18,19)/t9-,10+/m0/s1. The second-order valence-electron chi connectivity index (χ2n) is 4.77. The lowest BCUT2D eigenvalue weighted by Gasteiger charge is -2.15. The number of aromatic amines is 1. The second kappa shape index (κ2) is 6.40. The maximum Gasteiger partial charge on any atom is 0.330 e. The number of nitrogens with zero attached hydrogens (tertiary/aromatic N) is 4. The molecule has 2 atom stereocenters. The van der Waals surface area contributed by atoms with Crippen molar-refractivity contribution in [1.29, 1.82) is 0 Å². The van der Waals surface area contributed by atoms with Crippen molar-refractivity contribution in [2.45, 2.75) is 44.9 Å². The minimum Gasteiger partial charge on any atom is -0.355 e. The number of ether oxygens (including phenoxy) is 1. The van der Waals surface area contributed by atoms with Crippen LogP contribution in [0.2, 0.25) is 0 Å².